The third-order valence-electron chi connectivity index (χ3n) is 3.99. The molecular formula is C15H21N3O3. The van der Waals surface area contributed by atoms with Crippen LogP contribution in [0.3, 0.4) is 0 Å². The molecule has 1 N–H and O–H groups in total. The third kappa shape index (κ3) is 3.15. The fraction of sp³-hybridized carbons (Fsp3) is 0.533. The summed E-state index contributed by atoms with van der Waals surface area (Å²) >= 11 is 0. The highest BCUT2D eigenvalue weighted by molar-refractivity contribution is 6.01. The number of likely N-dealkylation sites (tertiary alicyclic amines) is 1. The standard InChI is InChI=1S/C15H21N3O3/c1-3-5-11-8-9-17(10-11)15(19)12-6-4-7-13(18(20)21)14(12)16-2/h4,6-7,11,16H,3,5,8-10H2,1-2H3. The molecule has 1 atom stereocenters. The number of nitrogens with zero attached hydrogens (tertiary/aromatic N) is 2. The minimum absolute atomic E-state index is 0.0624. The molecule has 21 heavy (non-hydrogen) atoms. The zero-order valence-electron chi connectivity index (χ0n) is 12.5. The van der Waals surface area contributed by atoms with E-state index in [4.69, 9.17) is 0 Å². The van der Waals surface area contributed by atoms with Gasteiger partial charge < -0.3 is 10.2 Å². The Hall–Kier alpha value is -2.11. The van der Waals surface area contributed by atoms with Crippen molar-refractivity contribution in [1.82, 2.24) is 4.90 Å². The van der Waals surface area contributed by atoms with Crippen molar-refractivity contribution in [2.75, 3.05) is 25.5 Å². The van der Waals surface area contributed by atoms with Gasteiger partial charge in [-0.3, -0.25) is 14.9 Å². The Balaban J connectivity index is 2.24. The average molecular weight is 291 g/mol. The van der Waals surface area contributed by atoms with Crippen molar-refractivity contribution < 1.29 is 9.72 Å². The summed E-state index contributed by atoms with van der Waals surface area (Å²) in [7, 11) is 1.60. The van der Waals surface area contributed by atoms with E-state index in [9.17, 15) is 14.9 Å². The first-order valence-corrected chi connectivity index (χ1v) is 7.32. The number of amides is 1. The van der Waals surface area contributed by atoms with Crippen LogP contribution in [0.5, 0.6) is 0 Å². The number of anilines is 1. The van der Waals surface area contributed by atoms with Crippen LogP contribution in [-0.4, -0.2) is 35.9 Å². The van der Waals surface area contributed by atoms with Crippen LogP contribution < -0.4 is 5.32 Å². The Labute approximate surface area is 124 Å². The number of hydrogen-bond acceptors (Lipinski definition) is 4. The largest absolute Gasteiger partial charge is 0.382 e. The molecule has 2 rings (SSSR count). The Bertz CT molecular complexity index is 545. The van der Waals surface area contributed by atoms with E-state index in [2.05, 4.69) is 12.2 Å². The van der Waals surface area contributed by atoms with Crippen molar-refractivity contribution in [3.63, 3.8) is 0 Å². The maximum atomic E-state index is 12.6. The summed E-state index contributed by atoms with van der Waals surface area (Å²) in [6, 6.07) is 4.62. The summed E-state index contributed by atoms with van der Waals surface area (Å²) in [5.41, 5.74) is 0.614. The summed E-state index contributed by atoms with van der Waals surface area (Å²) in [5.74, 6) is 0.428. The number of para-hydroxylation sites is 1. The van der Waals surface area contributed by atoms with Gasteiger partial charge in [0.05, 0.1) is 10.5 Å². The lowest BCUT2D eigenvalue weighted by Gasteiger charge is -2.18. The number of nitrogens with one attached hydrogen (secondary N) is 1. The second-order valence-electron chi connectivity index (χ2n) is 5.40. The van der Waals surface area contributed by atoms with Crippen LogP contribution in [0.2, 0.25) is 0 Å². The van der Waals surface area contributed by atoms with Gasteiger partial charge in [0, 0.05) is 26.2 Å². The van der Waals surface area contributed by atoms with Crippen molar-refractivity contribution >= 4 is 17.3 Å². The highest BCUT2D eigenvalue weighted by Gasteiger charge is 2.29. The molecule has 6 heteroatoms. The van der Waals surface area contributed by atoms with Crippen molar-refractivity contribution in [1.29, 1.82) is 0 Å². The van der Waals surface area contributed by atoms with Crippen LogP contribution in [0.1, 0.15) is 36.5 Å². The molecule has 0 bridgehead atoms. The normalized spacial score (nSPS) is 17.8. The van der Waals surface area contributed by atoms with Gasteiger partial charge in [0.1, 0.15) is 5.69 Å². The molecule has 1 unspecified atom stereocenters. The monoisotopic (exact) mass is 291 g/mol. The van der Waals surface area contributed by atoms with E-state index in [0.29, 0.717) is 17.2 Å². The van der Waals surface area contributed by atoms with Crippen LogP contribution in [0.25, 0.3) is 0 Å². The Kier molecular flexibility index (Phi) is 4.77. The summed E-state index contributed by atoms with van der Waals surface area (Å²) < 4.78 is 0. The third-order valence-corrected chi connectivity index (χ3v) is 3.99. The van der Waals surface area contributed by atoms with E-state index in [-0.39, 0.29) is 11.6 Å². The smallest absolute Gasteiger partial charge is 0.293 e. The maximum absolute atomic E-state index is 12.6. The van der Waals surface area contributed by atoms with Gasteiger partial charge in [-0.25, -0.2) is 0 Å². The molecule has 0 radical (unpaired) electrons. The van der Waals surface area contributed by atoms with Gasteiger partial charge in [0.2, 0.25) is 0 Å². The first-order valence-electron chi connectivity index (χ1n) is 7.32. The van der Waals surface area contributed by atoms with E-state index in [1.807, 2.05) is 0 Å². The maximum Gasteiger partial charge on any atom is 0.293 e. The molecule has 1 saturated heterocycles. The van der Waals surface area contributed by atoms with E-state index < -0.39 is 4.92 Å². The van der Waals surface area contributed by atoms with Crippen LogP contribution >= 0.6 is 0 Å². The van der Waals surface area contributed by atoms with E-state index >= 15 is 0 Å². The number of benzene rings is 1. The molecule has 0 aliphatic carbocycles. The summed E-state index contributed by atoms with van der Waals surface area (Å²) in [4.78, 5) is 25.0. The van der Waals surface area contributed by atoms with Gasteiger partial charge in [-0.15, -0.1) is 0 Å². The highest BCUT2D eigenvalue weighted by Crippen LogP contribution is 2.30. The van der Waals surface area contributed by atoms with Crippen molar-refractivity contribution in [2.24, 2.45) is 5.92 Å². The minimum atomic E-state index is -0.466. The molecule has 1 aromatic carbocycles. The fourth-order valence-corrected chi connectivity index (χ4v) is 2.96. The molecule has 6 nitrogen and oxygen atoms in total. The number of nitro benzene ring substituents is 1. The predicted octanol–water partition coefficient (Wildman–Crippen LogP) is 2.90. The predicted molar refractivity (Wildman–Crippen MR) is 81.6 cm³/mol. The molecule has 114 valence electrons. The van der Waals surface area contributed by atoms with Crippen molar-refractivity contribution in [2.45, 2.75) is 26.2 Å². The van der Waals surface area contributed by atoms with Crippen molar-refractivity contribution in [3.05, 3.63) is 33.9 Å². The Morgan fingerprint density at radius 2 is 2.29 bits per heavy atom. The molecule has 1 amide bonds. The SMILES string of the molecule is CCCC1CCN(C(=O)c2cccc([N+](=O)[O-])c2NC)C1. The zero-order chi connectivity index (χ0) is 15.4. The number of nitro groups is 1. The molecule has 1 fully saturated rings. The topological polar surface area (TPSA) is 75.5 Å². The lowest BCUT2D eigenvalue weighted by molar-refractivity contribution is -0.384. The van der Waals surface area contributed by atoms with Gasteiger partial charge >= 0.3 is 0 Å². The molecule has 0 saturated carbocycles. The highest BCUT2D eigenvalue weighted by atomic mass is 16.6. The van der Waals surface area contributed by atoms with E-state index in [0.717, 1.165) is 32.4 Å². The number of carbonyl (C=O) groups is 1. The van der Waals surface area contributed by atoms with Gasteiger partial charge in [-0.2, -0.15) is 0 Å². The van der Waals surface area contributed by atoms with Gasteiger partial charge in [0.15, 0.2) is 0 Å². The van der Waals surface area contributed by atoms with E-state index in [1.165, 1.54) is 6.07 Å². The molecule has 0 spiro atoms. The molecule has 1 aromatic rings. The lowest BCUT2D eigenvalue weighted by Crippen LogP contribution is -2.29. The van der Waals surface area contributed by atoms with Crippen LogP contribution in [0.4, 0.5) is 11.4 Å². The molecule has 0 aromatic heterocycles. The number of carbonyl (C=O) groups excluding carboxylic acids is 1. The number of hydrogen-bond donors (Lipinski definition) is 1. The van der Waals surface area contributed by atoms with Crippen molar-refractivity contribution in [3.8, 4) is 0 Å². The second-order valence-corrected chi connectivity index (χ2v) is 5.40. The molecule has 1 heterocycles. The lowest BCUT2D eigenvalue weighted by atomic mass is 10.0. The summed E-state index contributed by atoms with van der Waals surface area (Å²) in [6.45, 7) is 3.62. The molecule has 1 aliphatic heterocycles. The van der Waals surface area contributed by atoms with Gasteiger partial charge in [-0.05, 0) is 24.8 Å². The van der Waals surface area contributed by atoms with Crippen LogP contribution in [0, 0.1) is 16.0 Å². The second kappa shape index (κ2) is 6.56. The molecular weight excluding hydrogens is 270 g/mol. The fourth-order valence-electron chi connectivity index (χ4n) is 2.96. The summed E-state index contributed by atoms with van der Waals surface area (Å²) in [5, 5.41) is 13.9. The van der Waals surface area contributed by atoms with Crippen LogP contribution in [-0.2, 0) is 0 Å². The van der Waals surface area contributed by atoms with Gasteiger partial charge in [0.25, 0.3) is 11.6 Å². The Morgan fingerprint density at radius 3 is 2.90 bits per heavy atom. The Morgan fingerprint density at radius 1 is 1.52 bits per heavy atom. The van der Waals surface area contributed by atoms with Crippen LogP contribution in [0.15, 0.2) is 18.2 Å². The van der Waals surface area contributed by atoms with Gasteiger partial charge in [-0.1, -0.05) is 19.4 Å². The quantitative estimate of drug-likeness (QED) is 0.668. The molecule has 1 aliphatic rings. The average Bonchev–Trinajstić information content (AvgIpc) is 2.94. The zero-order valence-corrected chi connectivity index (χ0v) is 12.5. The first kappa shape index (κ1) is 15.3. The van der Waals surface area contributed by atoms with E-state index in [1.54, 1.807) is 24.1 Å². The number of rotatable bonds is 5. The summed E-state index contributed by atoms with van der Waals surface area (Å²) in [6.07, 6.45) is 3.26. The first-order chi connectivity index (χ1) is 10.1. The minimum Gasteiger partial charge on any atom is -0.382 e.